The molecular weight excluding hydrogens is 446 g/mol. The number of rotatable bonds is 2. The minimum atomic E-state index is -0.327. The molecule has 0 aromatic rings. The van der Waals surface area contributed by atoms with Crippen molar-refractivity contribution in [1.29, 1.82) is 0 Å². The lowest BCUT2D eigenvalue weighted by Gasteiger charge is -2.71. The van der Waals surface area contributed by atoms with E-state index >= 15 is 0 Å². The van der Waals surface area contributed by atoms with Crippen LogP contribution in [0.4, 0.5) is 0 Å². The summed E-state index contributed by atoms with van der Waals surface area (Å²) in [5.41, 5.74) is 2.12. The number of aliphatic hydroxyl groups excluding tert-OH is 1. The highest BCUT2D eigenvalue weighted by Crippen LogP contribution is 2.75. The zero-order chi connectivity index (χ0) is 26.5. The lowest BCUT2D eigenvalue weighted by atomic mass is 9.33. The Labute approximate surface area is 220 Å². The van der Waals surface area contributed by atoms with Gasteiger partial charge in [-0.05, 0) is 109 Å². The molecular formula is C32H53NO3. The summed E-state index contributed by atoms with van der Waals surface area (Å²) in [4.78, 5) is 19.4. The van der Waals surface area contributed by atoms with Gasteiger partial charge >= 0.3 is 0 Å². The Bertz CT molecular complexity index is 953. The molecule has 8 atom stereocenters. The number of carbonyl (C=O) groups excluding carboxylic acids is 1. The maximum Gasteiger partial charge on any atom is 0.252 e. The standard InChI is InChI=1S/C32H53NO3/c1-27(2)16-18-32(26(35)33(8)36-9)19-17-30(6)21(22(32)20-27)10-11-24-29(5)14-13-25(34)28(3,4)23(29)12-15-31(24,30)7/h10,22-25,34H,11-20H2,1-9H3/t22-,23-,24+,25-,29-,30+,31+,32-/m0/s1. The number of amides is 1. The number of carbonyl (C=O) groups is 1. The summed E-state index contributed by atoms with van der Waals surface area (Å²) in [5, 5.41) is 12.5. The minimum absolute atomic E-state index is 0.0223. The number of aliphatic hydroxyl groups is 1. The zero-order valence-corrected chi connectivity index (χ0v) is 24.7. The SMILES string of the molecule is CON(C)C(=O)[C@]12CCC(C)(C)C[C@H]1C1=CC[C@@H]3[C@@]4(C)CC[C@H](O)C(C)(C)[C@@H]4CC[C@@]3(C)[C@]1(C)CC2. The van der Waals surface area contributed by atoms with E-state index in [4.69, 9.17) is 4.84 Å². The molecule has 5 rings (SSSR count). The molecule has 0 aromatic carbocycles. The van der Waals surface area contributed by atoms with Gasteiger partial charge in [0.1, 0.15) is 0 Å². The van der Waals surface area contributed by atoms with Crippen molar-refractivity contribution >= 4 is 5.91 Å². The molecule has 4 fully saturated rings. The van der Waals surface area contributed by atoms with Gasteiger partial charge in [0.2, 0.25) is 0 Å². The van der Waals surface area contributed by atoms with Crippen LogP contribution in [0.15, 0.2) is 11.6 Å². The van der Waals surface area contributed by atoms with E-state index in [-0.39, 0.29) is 44.5 Å². The van der Waals surface area contributed by atoms with E-state index in [0.717, 1.165) is 51.4 Å². The largest absolute Gasteiger partial charge is 0.393 e. The Kier molecular flexibility index (Phi) is 5.99. The summed E-state index contributed by atoms with van der Waals surface area (Å²) in [6.07, 6.45) is 13.3. The summed E-state index contributed by atoms with van der Waals surface area (Å²) < 4.78 is 0. The first kappa shape index (κ1) is 26.7. The van der Waals surface area contributed by atoms with Crippen LogP contribution < -0.4 is 0 Å². The number of hydrogen-bond acceptors (Lipinski definition) is 3. The molecule has 0 aromatic heterocycles. The topological polar surface area (TPSA) is 49.8 Å². The van der Waals surface area contributed by atoms with Gasteiger partial charge < -0.3 is 5.11 Å². The maximum absolute atomic E-state index is 13.9. The highest BCUT2D eigenvalue weighted by molar-refractivity contribution is 5.83. The molecule has 0 bridgehead atoms. The van der Waals surface area contributed by atoms with Gasteiger partial charge in [-0.3, -0.25) is 9.63 Å². The maximum atomic E-state index is 13.9. The average molecular weight is 500 g/mol. The van der Waals surface area contributed by atoms with Crippen LogP contribution in [0.1, 0.15) is 113 Å². The zero-order valence-electron chi connectivity index (χ0n) is 24.7. The van der Waals surface area contributed by atoms with Crippen molar-refractivity contribution in [2.45, 2.75) is 119 Å². The smallest absolute Gasteiger partial charge is 0.252 e. The van der Waals surface area contributed by atoms with Crippen LogP contribution in [-0.4, -0.2) is 36.3 Å². The second-order valence-electron chi connectivity index (χ2n) is 15.7. The van der Waals surface area contributed by atoms with Gasteiger partial charge in [-0.15, -0.1) is 0 Å². The van der Waals surface area contributed by atoms with Crippen LogP contribution in [0, 0.1) is 50.2 Å². The van der Waals surface area contributed by atoms with Crippen molar-refractivity contribution in [2.75, 3.05) is 14.2 Å². The number of nitrogens with zero attached hydrogens (tertiary/aromatic N) is 1. The quantitative estimate of drug-likeness (QED) is 0.324. The molecule has 0 unspecified atom stereocenters. The molecule has 1 amide bonds. The monoisotopic (exact) mass is 499 g/mol. The Morgan fingerprint density at radius 1 is 0.944 bits per heavy atom. The molecule has 0 heterocycles. The summed E-state index contributed by atoms with van der Waals surface area (Å²) in [6.45, 7) is 17.2. The van der Waals surface area contributed by atoms with Crippen molar-refractivity contribution in [3.8, 4) is 0 Å². The van der Waals surface area contributed by atoms with Gasteiger partial charge in [-0.2, -0.15) is 0 Å². The van der Waals surface area contributed by atoms with Gasteiger partial charge in [0, 0.05) is 7.05 Å². The van der Waals surface area contributed by atoms with E-state index in [0.29, 0.717) is 17.8 Å². The van der Waals surface area contributed by atoms with Crippen LogP contribution in [-0.2, 0) is 9.63 Å². The highest BCUT2D eigenvalue weighted by atomic mass is 16.7. The Morgan fingerprint density at radius 3 is 2.28 bits per heavy atom. The van der Waals surface area contributed by atoms with Crippen LogP contribution >= 0.6 is 0 Å². The predicted molar refractivity (Wildman–Crippen MR) is 145 cm³/mol. The van der Waals surface area contributed by atoms with Crippen molar-refractivity contribution < 1.29 is 14.7 Å². The number of hydroxylamine groups is 2. The molecule has 1 N–H and O–H groups in total. The molecule has 204 valence electrons. The van der Waals surface area contributed by atoms with E-state index in [2.05, 4.69) is 54.5 Å². The van der Waals surface area contributed by atoms with Crippen LogP contribution in [0.2, 0.25) is 0 Å². The Balaban J connectivity index is 1.59. The second kappa shape index (κ2) is 8.07. The van der Waals surface area contributed by atoms with E-state index in [1.165, 1.54) is 17.9 Å². The number of allylic oxidation sites excluding steroid dienone is 2. The number of fused-ring (bicyclic) bond motifs is 7. The molecule has 0 spiro atoms. The predicted octanol–water partition coefficient (Wildman–Crippen LogP) is 7.17. The summed E-state index contributed by atoms with van der Waals surface area (Å²) >= 11 is 0. The molecule has 0 saturated heterocycles. The molecule has 4 nitrogen and oxygen atoms in total. The summed E-state index contributed by atoms with van der Waals surface area (Å²) in [7, 11) is 3.42. The van der Waals surface area contributed by atoms with Gasteiger partial charge in [-0.25, -0.2) is 5.06 Å². The first-order valence-corrected chi connectivity index (χ1v) is 14.8. The summed E-state index contributed by atoms with van der Waals surface area (Å²) in [5.74, 6) is 1.70. The average Bonchev–Trinajstić information content (AvgIpc) is 2.81. The normalized spacial score (nSPS) is 49.0. The summed E-state index contributed by atoms with van der Waals surface area (Å²) in [6, 6.07) is 0. The van der Waals surface area contributed by atoms with E-state index in [9.17, 15) is 9.90 Å². The van der Waals surface area contributed by atoms with Crippen molar-refractivity contribution in [2.24, 2.45) is 50.2 Å². The Hall–Kier alpha value is -0.870. The fourth-order valence-corrected chi connectivity index (χ4v) is 11.0. The number of hydrogen-bond donors (Lipinski definition) is 1. The highest BCUT2D eigenvalue weighted by Gasteiger charge is 2.69. The second-order valence-corrected chi connectivity index (χ2v) is 15.7. The van der Waals surface area contributed by atoms with E-state index in [1.54, 1.807) is 19.7 Å². The molecule has 36 heavy (non-hydrogen) atoms. The van der Waals surface area contributed by atoms with Crippen LogP contribution in [0.3, 0.4) is 0 Å². The fraction of sp³-hybridized carbons (Fsp3) is 0.906. The first-order chi connectivity index (χ1) is 16.6. The molecule has 0 radical (unpaired) electrons. The lowest BCUT2D eigenvalue weighted by molar-refractivity contribution is -0.210. The third-order valence-corrected chi connectivity index (χ3v) is 13.6. The van der Waals surface area contributed by atoms with E-state index in [1.807, 2.05) is 0 Å². The minimum Gasteiger partial charge on any atom is -0.393 e. The first-order valence-electron chi connectivity index (χ1n) is 14.8. The molecule has 5 aliphatic carbocycles. The molecule has 4 saturated carbocycles. The van der Waals surface area contributed by atoms with Crippen molar-refractivity contribution in [1.82, 2.24) is 5.06 Å². The van der Waals surface area contributed by atoms with E-state index < -0.39 is 0 Å². The lowest BCUT2D eigenvalue weighted by Crippen LogP contribution is -2.65. The van der Waals surface area contributed by atoms with Crippen molar-refractivity contribution in [3.05, 3.63) is 11.6 Å². The van der Waals surface area contributed by atoms with Gasteiger partial charge in [-0.1, -0.05) is 60.1 Å². The van der Waals surface area contributed by atoms with Gasteiger partial charge in [0.05, 0.1) is 18.6 Å². The van der Waals surface area contributed by atoms with Crippen molar-refractivity contribution in [3.63, 3.8) is 0 Å². The third-order valence-electron chi connectivity index (χ3n) is 13.6. The van der Waals surface area contributed by atoms with Gasteiger partial charge in [0.15, 0.2) is 0 Å². The Morgan fingerprint density at radius 2 is 1.61 bits per heavy atom. The fourth-order valence-electron chi connectivity index (χ4n) is 11.0. The third kappa shape index (κ3) is 3.28. The molecule has 4 heteroatoms. The van der Waals surface area contributed by atoms with Gasteiger partial charge in [0.25, 0.3) is 5.91 Å². The van der Waals surface area contributed by atoms with Crippen LogP contribution in [0.25, 0.3) is 0 Å². The molecule has 0 aliphatic heterocycles. The molecule has 5 aliphatic rings. The van der Waals surface area contributed by atoms with Crippen LogP contribution in [0.5, 0.6) is 0 Å².